The lowest BCUT2D eigenvalue weighted by Gasteiger charge is -2.28. The second kappa shape index (κ2) is 12.0. The van der Waals surface area contributed by atoms with E-state index in [1.165, 1.54) is 0 Å². The second-order valence-electron chi connectivity index (χ2n) is 10.2. The summed E-state index contributed by atoms with van der Waals surface area (Å²) in [5.41, 5.74) is 0.116. The van der Waals surface area contributed by atoms with Crippen molar-refractivity contribution in [1.82, 2.24) is 24.6 Å². The van der Waals surface area contributed by atoms with Crippen molar-refractivity contribution in [2.75, 3.05) is 18.0 Å². The van der Waals surface area contributed by atoms with Gasteiger partial charge in [0.25, 0.3) is 5.91 Å². The minimum absolute atomic E-state index is 0.0499. The summed E-state index contributed by atoms with van der Waals surface area (Å²) in [6, 6.07) is 17.8. The van der Waals surface area contributed by atoms with Gasteiger partial charge in [0.05, 0.1) is 16.9 Å². The molecule has 8 nitrogen and oxygen atoms in total. The topological polar surface area (TPSA) is 85.1 Å². The number of alkyl halides is 3. The van der Waals surface area contributed by atoms with Crippen molar-refractivity contribution in [3.8, 4) is 16.9 Å². The minimum Gasteiger partial charge on any atom is -0.350 e. The number of aromatic nitrogens is 4. The normalized spacial score (nSPS) is 14.1. The zero-order valence-electron chi connectivity index (χ0n) is 22.6. The molecular formula is C30H31F3N6O2. The minimum atomic E-state index is -4.82. The Morgan fingerprint density at radius 3 is 2.29 bits per heavy atom. The predicted octanol–water partition coefficient (Wildman–Crippen LogP) is 5.63. The van der Waals surface area contributed by atoms with Crippen molar-refractivity contribution in [2.45, 2.75) is 38.3 Å². The summed E-state index contributed by atoms with van der Waals surface area (Å²) in [7, 11) is 1.79. The maximum absolute atomic E-state index is 13.8. The molecule has 4 aromatic rings. The first-order valence-corrected chi connectivity index (χ1v) is 13.6. The number of amides is 2. The van der Waals surface area contributed by atoms with E-state index in [9.17, 15) is 22.8 Å². The van der Waals surface area contributed by atoms with Gasteiger partial charge < -0.3 is 9.88 Å². The highest BCUT2D eigenvalue weighted by atomic mass is 19.4. The number of benzene rings is 2. The molecule has 1 saturated carbocycles. The number of aryl methyl sites for hydroxylation is 1. The first-order chi connectivity index (χ1) is 19.7. The van der Waals surface area contributed by atoms with Gasteiger partial charge in [-0.05, 0) is 25.0 Å². The Bertz CT molecular complexity index is 1490. The van der Waals surface area contributed by atoms with Gasteiger partial charge in [-0.2, -0.15) is 18.3 Å². The van der Waals surface area contributed by atoms with Crippen LogP contribution in [0.2, 0.25) is 0 Å². The van der Waals surface area contributed by atoms with E-state index >= 15 is 0 Å². The van der Waals surface area contributed by atoms with Crippen LogP contribution in [0.15, 0.2) is 73.1 Å². The van der Waals surface area contributed by atoms with E-state index in [1.807, 2.05) is 36.5 Å². The fourth-order valence-electron chi connectivity index (χ4n) is 5.17. The van der Waals surface area contributed by atoms with Crippen LogP contribution in [0.1, 0.15) is 48.2 Å². The van der Waals surface area contributed by atoms with Gasteiger partial charge in [-0.15, -0.1) is 0 Å². The van der Waals surface area contributed by atoms with Gasteiger partial charge in [-0.1, -0.05) is 67.8 Å². The first kappa shape index (κ1) is 28.1. The Kier molecular flexibility index (Phi) is 8.23. The molecule has 2 aromatic carbocycles. The lowest BCUT2D eigenvalue weighted by atomic mass is 9.88. The molecule has 0 saturated heterocycles. The van der Waals surface area contributed by atoms with Gasteiger partial charge in [-0.25, -0.2) is 9.67 Å². The van der Waals surface area contributed by atoms with E-state index in [2.05, 4.69) is 10.4 Å². The fourth-order valence-corrected chi connectivity index (χ4v) is 5.17. The van der Waals surface area contributed by atoms with Crippen molar-refractivity contribution in [1.29, 1.82) is 0 Å². The molecule has 0 radical (unpaired) electrons. The maximum Gasteiger partial charge on any atom is 0.435 e. The Hall–Kier alpha value is -4.41. The molecule has 0 aliphatic heterocycles. The Morgan fingerprint density at radius 1 is 0.976 bits per heavy atom. The Morgan fingerprint density at radius 2 is 1.63 bits per heavy atom. The third kappa shape index (κ3) is 6.34. The summed E-state index contributed by atoms with van der Waals surface area (Å²) >= 11 is 0. The smallest absolute Gasteiger partial charge is 0.350 e. The summed E-state index contributed by atoms with van der Waals surface area (Å²) in [6.45, 7) is -0.0209. The third-order valence-electron chi connectivity index (χ3n) is 7.25. The van der Waals surface area contributed by atoms with Crippen LogP contribution in [-0.4, -0.2) is 44.2 Å². The SMILES string of the molecule is Cn1cc(-c2ccccc2)nc1N(CCNC(=O)c1cn(-c2ccccc2)nc1C(F)(F)F)C(=O)C1CCCCC1. The number of carbonyl (C=O) groups is 2. The molecule has 11 heteroatoms. The van der Waals surface area contributed by atoms with Crippen molar-refractivity contribution < 1.29 is 22.8 Å². The quantitative estimate of drug-likeness (QED) is 0.301. The summed E-state index contributed by atoms with van der Waals surface area (Å²) in [5, 5.41) is 6.22. The summed E-state index contributed by atoms with van der Waals surface area (Å²) in [4.78, 5) is 33.0. The zero-order valence-corrected chi connectivity index (χ0v) is 22.6. The molecular weight excluding hydrogens is 533 g/mol. The first-order valence-electron chi connectivity index (χ1n) is 13.6. The van der Waals surface area contributed by atoms with Crippen LogP contribution in [0, 0.1) is 5.92 Å². The van der Waals surface area contributed by atoms with E-state index in [0.717, 1.165) is 48.5 Å². The standard InChI is InChI=1S/C30H31F3N6O2/c1-37-20-25(21-11-5-2-6-12-21)35-29(37)38(28(41)22-13-7-3-8-14-22)18-17-34-27(40)24-19-39(23-15-9-4-10-16-23)36-26(24)30(31,32)33/h2,4-6,9-12,15-16,19-20,22H,3,7-8,13-14,17-18H2,1H3,(H,34,40). The van der Waals surface area contributed by atoms with Gasteiger partial charge in [0.15, 0.2) is 5.69 Å². The molecule has 0 unspecified atom stereocenters. The molecule has 0 atom stereocenters. The average molecular weight is 565 g/mol. The van der Waals surface area contributed by atoms with Crippen LogP contribution >= 0.6 is 0 Å². The van der Waals surface area contributed by atoms with Gasteiger partial charge in [0.1, 0.15) is 0 Å². The van der Waals surface area contributed by atoms with Gasteiger partial charge in [-0.3, -0.25) is 14.5 Å². The largest absolute Gasteiger partial charge is 0.435 e. The van der Waals surface area contributed by atoms with E-state index in [1.54, 1.807) is 46.8 Å². The molecule has 5 rings (SSSR count). The molecule has 1 aliphatic carbocycles. The lowest BCUT2D eigenvalue weighted by molar-refractivity contribution is -0.141. The number of anilines is 1. The molecule has 1 fully saturated rings. The highest BCUT2D eigenvalue weighted by molar-refractivity contribution is 5.96. The summed E-state index contributed by atoms with van der Waals surface area (Å²) in [6.07, 6.45) is 2.62. The van der Waals surface area contributed by atoms with Gasteiger partial charge in [0, 0.05) is 44.0 Å². The number of hydrogen-bond donors (Lipinski definition) is 1. The van der Waals surface area contributed by atoms with Crippen LogP contribution in [0.5, 0.6) is 0 Å². The van der Waals surface area contributed by atoms with Crippen molar-refractivity contribution >= 4 is 17.8 Å². The molecule has 0 spiro atoms. The number of para-hydroxylation sites is 1. The summed E-state index contributed by atoms with van der Waals surface area (Å²) < 4.78 is 44.2. The van der Waals surface area contributed by atoms with E-state index in [4.69, 9.17) is 4.98 Å². The van der Waals surface area contributed by atoms with Crippen LogP contribution in [0.3, 0.4) is 0 Å². The Balaban J connectivity index is 1.37. The highest BCUT2D eigenvalue weighted by Gasteiger charge is 2.39. The van der Waals surface area contributed by atoms with Crippen LogP contribution < -0.4 is 10.2 Å². The number of nitrogens with one attached hydrogen (secondary N) is 1. The average Bonchev–Trinajstić information content (AvgIpc) is 3.61. The van der Waals surface area contributed by atoms with Crippen LogP contribution in [0.25, 0.3) is 16.9 Å². The van der Waals surface area contributed by atoms with Gasteiger partial charge >= 0.3 is 6.18 Å². The van der Waals surface area contributed by atoms with E-state index in [-0.39, 0.29) is 24.9 Å². The molecule has 1 N–H and O–H groups in total. The van der Waals surface area contributed by atoms with Crippen molar-refractivity contribution in [3.05, 3.63) is 84.3 Å². The highest BCUT2D eigenvalue weighted by Crippen LogP contribution is 2.32. The van der Waals surface area contributed by atoms with Gasteiger partial charge in [0.2, 0.25) is 11.9 Å². The zero-order chi connectivity index (χ0) is 29.0. The second-order valence-corrected chi connectivity index (χ2v) is 10.2. The maximum atomic E-state index is 13.8. The molecule has 0 bridgehead atoms. The fraction of sp³-hybridized carbons (Fsp3) is 0.333. The molecule has 2 aromatic heterocycles. The predicted molar refractivity (Wildman–Crippen MR) is 148 cm³/mol. The van der Waals surface area contributed by atoms with E-state index in [0.29, 0.717) is 17.3 Å². The number of nitrogens with zero attached hydrogens (tertiary/aromatic N) is 5. The molecule has 2 amide bonds. The summed E-state index contributed by atoms with van der Waals surface area (Å²) in [5.74, 6) is -0.770. The third-order valence-corrected chi connectivity index (χ3v) is 7.25. The number of imidazole rings is 1. The molecule has 214 valence electrons. The monoisotopic (exact) mass is 564 g/mol. The van der Waals surface area contributed by atoms with Crippen LogP contribution in [-0.2, 0) is 18.0 Å². The number of halogens is 3. The Labute approximate surface area is 235 Å². The van der Waals surface area contributed by atoms with E-state index < -0.39 is 23.3 Å². The molecule has 41 heavy (non-hydrogen) atoms. The number of hydrogen-bond acceptors (Lipinski definition) is 4. The van der Waals surface area contributed by atoms with Crippen molar-refractivity contribution in [2.24, 2.45) is 13.0 Å². The lowest BCUT2D eigenvalue weighted by Crippen LogP contribution is -2.43. The molecule has 2 heterocycles. The number of carbonyl (C=O) groups excluding carboxylic acids is 2. The molecule has 1 aliphatic rings. The van der Waals surface area contributed by atoms with Crippen LogP contribution in [0.4, 0.5) is 19.1 Å². The number of rotatable bonds is 8. The van der Waals surface area contributed by atoms with Crippen molar-refractivity contribution in [3.63, 3.8) is 0 Å².